The molecule has 0 saturated carbocycles. The van der Waals surface area contributed by atoms with Crippen LogP contribution >= 0.6 is 11.8 Å². The van der Waals surface area contributed by atoms with Crippen molar-refractivity contribution < 1.29 is 4.39 Å². The summed E-state index contributed by atoms with van der Waals surface area (Å²) in [7, 11) is 0. The van der Waals surface area contributed by atoms with Crippen LogP contribution in [0.1, 0.15) is 17.0 Å². The molecule has 2 aromatic heterocycles. The number of aryl methyl sites for hydroxylation is 1. The molecule has 0 unspecified atom stereocenters. The summed E-state index contributed by atoms with van der Waals surface area (Å²) in [5.41, 5.74) is 3.48. The van der Waals surface area contributed by atoms with Gasteiger partial charge in [0.25, 0.3) is 0 Å². The Hall–Kier alpha value is -3.64. The number of rotatable bonds is 5. The molecule has 2 aromatic carbocycles. The van der Waals surface area contributed by atoms with Gasteiger partial charge in [0.05, 0.1) is 22.6 Å². The van der Waals surface area contributed by atoms with Gasteiger partial charge in [-0.3, -0.25) is 0 Å². The van der Waals surface area contributed by atoms with E-state index in [2.05, 4.69) is 21.4 Å². The fourth-order valence-corrected chi connectivity index (χ4v) is 3.80. The Labute approximate surface area is 170 Å². The van der Waals surface area contributed by atoms with Crippen LogP contribution in [0.25, 0.3) is 17.1 Å². The smallest absolute Gasteiger partial charge is 0.210 e. The average Bonchev–Trinajstić information content (AvgIpc) is 3.26. The van der Waals surface area contributed by atoms with E-state index in [0.717, 1.165) is 11.4 Å². The zero-order valence-electron chi connectivity index (χ0n) is 15.5. The van der Waals surface area contributed by atoms with Gasteiger partial charge in [0.2, 0.25) is 5.16 Å². The Kier molecular flexibility index (Phi) is 5.01. The molecule has 0 atom stereocenters. The summed E-state index contributed by atoms with van der Waals surface area (Å²) >= 11 is 1.35. The number of nitrogen functional groups attached to an aromatic ring is 1. The van der Waals surface area contributed by atoms with E-state index in [1.165, 1.54) is 28.6 Å². The van der Waals surface area contributed by atoms with Crippen LogP contribution in [0.4, 0.5) is 4.39 Å². The van der Waals surface area contributed by atoms with Gasteiger partial charge in [-0.15, -0.1) is 10.2 Å². The van der Waals surface area contributed by atoms with Crippen LogP contribution in [0.3, 0.4) is 0 Å². The van der Waals surface area contributed by atoms with E-state index in [-0.39, 0.29) is 5.82 Å². The molecule has 2 N–H and O–H groups in total. The zero-order chi connectivity index (χ0) is 20.4. The van der Waals surface area contributed by atoms with E-state index in [1.54, 1.807) is 16.8 Å². The Morgan fingerprint density at radius 3 is 2.52 bits per heavy atom. The van der Waals surface area contributed by atoms with Crippen molar-refractivity contribution in [3.05, 3.63) is 77.4 Å². The standard InChI is InChI=1S/C20H16FN7S/c1-13-17(11-22)18(28(26-13)16-5-3-2-4-6-16)12-29-20-25-24-19(27(20)23)14-7-9-15(21)10-8-14/h2-10H,12,23H2,1H3. The largest absolute Gasteiger partial charge is 0.335 e. The molecule has 0 aliphatic rings. The quantitative estimate of drug-likeness (QED) is 0.403. The van der Waals surface area contributed by atoms with Gasteiger partial charge in [0.15, 0.2) is 5.82 Å². The molecule has 2 heterocycles. The van der Waals surface area contributed by atoms with E-state index in [9.17, 15) is 9.65 Å². The molecule has 0 amide bonds. The number of hydrogen-bond acceptors (Lipinski definition) is 6. The summed E-state index contributed by atoms with van der Waals surface area (Å²) in [5.74, 6) is 6.68. The first-order chi connectivity index (χ1) is 14.1. The Morgan fingerprint density at radius 2 is 1.83 bits per heavy atom. The van der Waals surface area contributed by atoms with E-state index in [1.807, 2.05) is 37.3 Å². The van der Waals surface area contributed by atoms with Crippen LogP contribution in [0.5, 0.6) is 0 Å². The van der Waals surface area contributed by atoms with Crippen LogP contribution in [0.15, 0.2) is 59.8 Å². The average molecular weight is 405 g/mol. The van der Waals surface area contributed by atoms with Crippen LogP contribution in [0.2, 0.25) is 0 Å². The minimum Gasteiger partial charge on any atom is -0.335 e. The molecule has 7 nitrogen and oxygen atoms in total. The topological polar surface area (TPSA) is 98.3 Å². The lowest BCUT2D eigenvalue weighted by molar-refractivity contribution is 0.628. The first kappa shape index (κ1) is 18.7. The third kappa shape index (κ3) is 3.58. The molecule has 29 heavy (non-hydrogen) atoms. The number of nitrogens with two attached hydrogens (primary N) is 1. The lowest BCUT2D eigenvalue weighted by atomic mass is 10.2. The van der Waals surface area contributed by atoms with Crippen molar-refractivity contribution in [3.63, 3.8) is 0 Å². The molecule has 0 aliphatic carbocycles. The van der Waals surface area contributed by atoms with Crippen LogP contribution in [-0.2, 0) is 5.75 Å². The molecule has 0 saturated heterocycles. The van der Waals surface area contributed by atoms with Crippen molar-refractivity contribution in [2.24, 2.45) is 0 Å². The maximum Gasteiger partial charge on any atom is 0.210 e. The van der Waals surface area contributed by atoms with E-state index in [0.29, 0.717) is 33.6 Å². The zero-order valence-corrected chi connectivity index (χ0v) is 16.3. The highest BCUT2D eigenvalue weighted by Crippen LogP contribution is 2.28. The summed E-state index contributed by atoms with van der Waals surface area (Å²) in [6, 6.07) is 17.7. The van der Waals surface area contributed by atoms with Crippen molar-refractivity contribution in [2.75, 3.05) is 5.84 Å². The van der Waals surface area contributed by atoms with Gasteiger partial charge in [-0.05, 0) is 43.3 Å². The van der Waals surface area contributed by atoms with Crippen molar-refractivity contribution >= 4 is 11.8 Å². The predicted octanol–water partition coefficient (Wildman–Crippen LogP) is 3.46. The lowest BCUT2D eigenvalue weighted by Crippen LogP contribution is -2.12. The summed E-state index contributed by atoms with van der Waals surface area (Å²) in [4.78, 5) is 0. The van der Waals surface area contributed by atoms with Gasteiger partial charge < -0.3 is 5.84 Å². The highest BCUT2D eigenvalue weighted by Gasteiger charge is 2.19. The van der Waals surface area contributed by atoms with E-state index < -0.39 is 0 Å². The number of nitriles is 1. The minimum absolute atomic E-state index is 0.333. The fraction of sp³-hybridized carbons (Fsp3) is 0.100. The van der Waals surface area contributed by atoms with E-state index >= 15 is 0 Å². The predicted molar refractivity (Wildman–Crippen MR) is 108 cm³/mol. The number of halogens is 1. The van der Waals surface area contributed by atoms with Crippen molar-refractivity contribution in [1.82, 2.24) is 24.7 Å². The van der Waals surface area contributed by atoms with E-state index in [4.69, 9.17) is 5.84 Å². The highest BCUT2D eigenvalue weighted by atomic mass is 32.2. The molecule has 144 valence electrons. The summed E-state index contributed by atoms with van der Waals surface area (Å²) in [6.45, 7) is 1.81. The number of benzene rings is 2. The number of aromatic nitrogens is 5. The van der Waals surface area contributed by atoms with Crippen molar-refractivity contribution in [2.45, 2.75) is 17.8 Å². The van der Waals surface area contributed by atoms with Gasteiger partial charge in [-0.25, -0.2) is 13.7 Å². The molecule has 0 aliphatic heterocycles. The Bertz CT molecular complexity index is 1190. The number of nitrogens with zero attached hydrogens (tertiary/aromatic N) is 6. The van der Waals surface area contributed by atoms with Crippen LogP contribution in [-0.4, -0.2) is 24.7 Å². The summed E-state index contributed by atoms with van der Waals surface area (Å²) in [6.07, 6.45) is 0. The van der Waals surface area contributed by atoms with Crippen molar-refractivity contribution in [3.8, 4) is 23.1 Å². The third-order valence-electron chi connectivity index (χ3n) is 4.37. The van der Waals surface area contributed by atoms with Crippen molar-refractivity contribution in [1.29, 1.82) is 5.26 Å². The minimum atomic E-state index is -0.333. The molecule has 0 fully saturated rings. The normalized spacial score (nSPS) is 10.8. The van der Waals surface area contributed by atoms with Gasteiger partial charge in [-0.1, -0.05) is 30.0 Å². The lowest BCUT2D eigenvalue weighted by Gasteiger charge is -2.08. The second kappa shape index (κ2) is 7.77. The summed E-state index contributed by atoms with van der Waals surface area (Å²) in [5, 5.41) is 22.8. The Balaban J connectivity index is 1.63. The maximum atomic E-state index is 13.2. The molecule has 4 rings (SSSR count). The first-order valence-corrected chi connectivity index (χ1v) is 9.70. The molecule has 0 bridgehead atoms. The highest BCUT2D eigenvalue weighted by molar-refractivity contribution is 7.98. The monoisotopic (exact) mass is 405 g/mol. The Morgan fingerprint density at radius 1 is 1.10 bits per heavy atom. The number of para-hydroxylation sites is 1. The second-order valence-electron chi connectivity index (χ2n) is 6.24. The molecule has 0 spiro atoms. The fourth-order valence-electron chi connectivity index (χ4n) is 2.94. The molecule has 9 heteroatoms. The van der Waals surface area contributed by atoms with Gasteiger partial charge in [0.1, 0.15) is 11.9 Å². The second-order valence-corrected chi connectivity index (χ2v) is 7.18. The first-order valence-electron chi connectivity index (χ1n) is 8.71. The number of hydrogen-bond donors (Lipinski definition) is 1. The third-order valence-corrected chi connectivity index (χ3v) is 5.33. The SMILES string of the molecule is Cc1nn(-c2ccccc2)c(CSc2nnc(-c3ccc(F)cc3)n2N)c1C#N. The number of thioether (sulfide) groups is 1. The maximum absolute atomic E-state index is 13.2. The molecule has 4 aromatic rings. The van der Waals surface area contributed by atoms with Gasteiger partial charge >= 0.3 is 0 Å². The molecule has 0 radical (unpaired) electrons. The van der Waals surface area contributed by atoms with Gasteiger partial charge in [0, 0.05) is 11.3 Å². The van der Waals surface area contributed by atoms with Gasteiger partial charge in [-0.2, -0.15) is 10.4 Å². The van der Waals surface area contributed by atoms with Crippen LogP contribution < -0.4 is 5.84 Å². The molecular weight excluding hydrogens is 389 g/mol. The van der Waals surface area contributed by atoms with Crippen LogP contribution in [0, 0.1) is 24.1 Å². The summed E-state index contributed by atoms with van der Waals surface area (Å²) < 4.78 is 16.3. The molecular formula is C20H16FN7S.